The van der Waals surface area contributed by atoms with Crippen molar-refractivity contribution in [2.45, 2.75) is 4.90 Å². The quantitative estimate of drug-likeness (QED) is 0.688. The van der Waals surface area contributed by atoms with Crippen LogP contribution >= 0.6 is 12.2 Å². The molecule has 2 aromatic carbocycles. The highest BCUT2D eigenvalue weighted by Gasteiger charge is 2.17. The Kier molecular flexibility index (Phi) is 6.80. The maximum absolute atomic E-state index is 12.1. The van der Waals surface area contributed by atoms with Crippen LogP contribution in [0.25, 0.3) is 0 Å². The molecule has 0 bridgehead atoms. The van der Waals surface area contributed by atoms with Crippen LogP contribution in [0.3, 0.4) is 0 Å². The van der Waals surface area contributed by atoms with Gasteiger partial charge in [0, 0.05) is 31.9 Å². The van der Waals surface area contributed by atoms with Crippen molar-refractivity contribution in [1.29, 1.82) is 5.26 Å². The zero-order valence-corrected chi connectivity index (χ0v) is 17.4. The molecular weight excluding hydrogens is 400 g/mol. The fourth-order valence-electron chi connectivity index (χ4n) is 2.28. The van der Waals surface area contributed by atoms with Crippen LogP contribution in [0.5, 0.6) is 11.5 Å². The van der Waals surface area contributed by atoms with E-state index in [0.717, 1.165) is 4.31 Å². The lowest BCUT2D eigenvalue weighted by Crippen LogP contribution is -2.22. The summed E-state index contributed by atoms with van der Waals surface area (Å²) in [5.41, 5.74) is 1.37. The number of ether oxygens (including phenoxy) is 2. The van der Waals surface area contributed by atoms with Gasteiger partial charge in [0.15, 0.2) is 16.6 Å². The van der Waals surface area contributed by atoms with Crippen molar-refractivity contribution in [3.8, 4) is 17.6 Å². The lowest BCUT2D eigenvalue weighted by atomic mass is 10.1. The second kappa shape index (κ2) is 8.88. The van der Waals surface area contributed by atoms with E-state index in [0.29, 0.717) is 28.4 Å². The third-order valence-corrected chi connectivity index (χ3v) is 5.82. The average Bonchev–Trinajstić information content (AvgIpc) is 2.67. The highest BCUT2D eigenvalue weighted by Crippen LogP contribution is 2.33. The normalized spacial score (nSPS) is 10.9. The van der Waals surface area contributed by atoms with Crippen molar-refractivity contribution in [1.82, 2.24) is 4.31 Å². The van der Waals surface area contributed by atoms with Crippen LogP contribution in [0.2, 0.25) is 0 Å². The zero-order valence-electron chi connectivity index (χ0n) is 15.8. The molecule has 0 atom stereocenters. The van der Waals surface area contributed by atoms with E-state index in [-0.39, 0.29) is 10.0 Å². The predicted octanol–water partition coefficient (Wildman–Crippen LogP) is 2.63. The molecule has 8 nitrogen and oxygen atoms in total. The summed E-state index contributed by atoms with van der Waals surface area (Å²) in [6.07, 6.45) is 0. The number of nitrogens with zero attached hydrogens (tertiary/aromatic N) is 2. The Bertz CT molecular complexity index is 1010. The van der Waals surface area contributed by atoms with Crippen molar-refractivity contribution in [2.24, 2.45) is 0 Å². The minimum absolute atomic E-state index is 0.175. The average molecular weight is 421 g/mol. The molecule has 0 radical (unpaired) electrons. The number of rotatable bonds is 6. The van der Waals surface area contributed by atoms with E-state index >= 15 is 0 Å². The monoisotopic (exact) mass is 420 g/mol. The zero-order chi connectivity index (χ0) is 20.9. The van der Waals surface area contributed by atoms with E-state index < -0.39 is 10.0 Å². The van der Waals surface area contributed by atoms with Gasteiger partial charge >= 0.3 is 0 Å². The first-order valence-electron chi connectivity index (χ1n) is 7.99. The Morgan fingerprint density at radius 2 is 1.64 bits per heavy atom. The molecule has 0 aliphatic carbocycles. The van der Waals surface area contributed by atoms with Gasteiger partial charge in [-0.05, 0) is 36.5 Å². The van der Waals surface area contributed by atoms with E-state index in [2.05, 4.69) is 16.7 Å². The SMILES string of the molecule is COc1cc(C#N)c(NC(=S)Nc2ccc(S(=O)(=O)N(C)C)cc2)cc1OC. The third-order valence-electron chi connectivity index (χ3n) is 3.78. The van der Waals surface area contributed by atoms with E-state index in [9.17, 15) is 13.7 Å². The largest absolute Gasteiger partial charge is 0.493 e. The van der Waals surface area contributed by atoms with E-state index in [1.807, 2.05) is 0 Å². The van der Waals surface area contributed by atoms with Crippen LogP contribution in [-0.4, -0.2) is 46.2 Å². The number of nitrogens with one attached hydrogen (secondary N) is 2. The molecular formula is C18H20N4O4S2. The van der Waals surface area contributed by atoms with Gasteiger partial charge in [-0.15, -0.1) is 0 Å². The maximum atomic E-state index is 12.1. The summed E-state index contributed by atoms with van der Waals surface area (Å²) in [6, 6.07) is 11.4. The van der Waals surface area contributed by atoms with Gasteiger partial charge in [-0.25, -0.2) is 12.7 Å². The molecule has 10 heteroatoms. The van der Waals surface area contributed by atoms with E-state index in [1.54, 1.807) is 24.3 Å². The van der Waals surface area contributed by atoms with Gasteiger partial charge in [-0.2, -0.15) is 5.26 Å². The highest BCUT2D eigenvalue weighted by molar-refractivity contribution is 7.89. The van der Waals surface area contributed by atoms with Crippen molar-refractivity contribution in [3.63, 3.8) is 0 Å². The van der Waals surface area contributed by atoms with Gasteiger partial charge in [0.25, 0.3) is 0 Å². The van der Waals surface area contributed by atoms with Gasteiger partial charge < -0.3 is 20.1 Å². The van der Waals surface area contributed by atoms with Crippen LogP contribution < -0.4 is 20.1 Å². The summed E-state index contributed by atoms with van der Waals surface area (Å²) in [7, 11) is 2.42. The first kappa shape index (κ1) is 21.4. The number of hydrogen-bond acceptors (Lipinski definition) is 6. The number of sulfonamides is 1. The molecule has 2 rings (SSSR count). The minimum Gasteiger partial charge on any atom is -0.493 e. The Balaban J connectivity index is 2.18. The van der Waals surface area contributed by atoms with Gasteiger partial charge in [-0.3, -0.25) is 0 Å². The number of benzene rings is 2. The summed E-state index contributed by atoms with van der Waals surface area (Å²) in [4.78, 5) is 0.175. The fourth-order valence-corrected chi connectivity index (χ4v) is 3.41. The molecule has 0 fully saturated rings. The molecule has 2 aromatic rings. The standard InChI is InChI=1S/C18H20N4O4S2/c1-22(2)28(23,24)14-7-5-13(6-8-14)20-18(27)21-15-10-17(26-4)16(25-3)9-12(15)11-19/h5-10H,1-4H3,(H2,20,21,27). The molecule has 0 aliphatic rings. The molecule has 0 spiro atoms. The maximum Gasteiger partial charge on any atom is 0.242 e. The predicted molar refractivity (Wildman–Crippen MR) is 111 cm³/mol. The van der Waals surface area contributed by atoms with E-state index in [1.165, 1.54) is 40.4 Å². The second-order valence-corrected chi connectivity index (χ2v) is 8.32. The van der Waals surface area contributed by atoms with Gasteiger partial charge in [0.2, 0.25) is 10.0 Å². The van der Waals surface area contributed by atoms with Crippen LogP contribution in [0.1, 0.15) is 5.56 Å². The van der Waals surface area contributed by atoms with Crippen LogP contribution in [0, 0.1) is 11.3 Å². The van der Waals surface area contributed by atoms with Crippen LogP contribution in [0.4, 0.5) is 11.4 Å². The van der Waals surface area contributed by atoms with Crippen molar-refractivity contribution >= 4 is 38.7 Å². The molecule has 148 valence electrons. The molecule has 0 heterocycles. The molecule has 28 heavy (non-hydrogen) atoms. The number of hydrogen-bond donors (Lipinski definition) is 2. The van der Waals surface area contributed by atoms with Crippen molar-refractivity contribution < 1.29 is 17.9 Å². The van der Waals surface area contributed by atoms with Crippen molar-refractivity contribution in [3.05, 3.63) is 42.0 Å². The topological polar surface area (TPSA) is 104 Å². The summed E-state index contributed by atoms with van der Waals surface area (Å²) in [6.45, 7) is 0. The number of thiocarbonyl (C=S) groups is 1. The fraction of sp³-hybridized carbons (Fsp3) is 0.222. The van der Waals surface area contributed by atoms with E-state index in [4.69, 9.17) is 21.7 Å². The molecule has 0 aromatic heterocycles. The number of methoxy groups -OCH3 is 2. The Morgan fingerprint density at radius 3 is 2.14 bits per heavy atom. The van der Waals surface area contributed by atoms with Crippen LogP contribution in [-0.2, 0) is 10.0 Å². The number of nitriles is 1. The van der Waals surface area contributed by atoms with Crippen molar-refractivity contribution in [2.75, 3.05) is 38.9 Å². The van der Waals surface area contributed by atoms with Gasteiger partial charge in [0.1, 0.15) is 6.07 Å². The summed E-state index contributed by atoms with van der Waals surface area (Å²) >= 11 is 5.28. The van der Waals surface area contributed by atoms with Gasteiger partial charge in [-0.1, -0.05) is 0 Å². The molecule has 0 saturated carbocycles. The third kappa shape index (κ3) is 4.69. The smallest absolute Gasteiger partial charge is 0.242 e. The Morgan fingerprint density at radius 1 is 1.07 bits per heavy atom. The summed E-state index contributed by atoms with van der Waals surface area (Å²) in [5, 5.41) is 15.5. The Hall–Kier alpha value is -2.87. The Labute approximate surface area is 169 Å². The first-order chi connectivity index (χ1) is 13.2. The summed E-state index contributed by atoms with van der Waals surface area (Å²) in [5.74, 6) is 0.881. The lowest BCUT2D eigenvalue weighted by Gasteiger charge is -2.15. The first-order valence-corrected chi connectivity index (χ1v) is 9.84. The lowest BCUT2D eigenvalue weighted by molar-refractivity contribution is 0.355. The molecule has 0 aliphatic heterocycles. The van der Waals surface area contributed by atoms with Crippen LogP contribution in [0.15, 0.2) is 41.3 Å². The molecule has 2 N–H and O–H groups in total. The molecule has 0 unspecified atom stereocenters. The number of anilines is 2. The second-order valence-electron chi connectivity index (χ2n) is 5.76. The molecule has 0 saturated heterocycles. The highest BCUT2D eigenvalue weighted by atomic mass is 32.2. The van der Waals surface area contributed by atoms with Gasteiger partial charge in [0.05, 0.1) is 30.4 Å². The minimum atomic E-state index is -3.50. The molecule has 0 amide bonds. The summed E-state index contributed by atoms with van der Waals surface area (Å²) < 4.78 is 35.8.